The number of alkyl halides is 3. The highest BCUT2D eigenvalue weighted by Gasteiger charge is 2.33. The number of anilines is 1. The zero-order valence-corrected chi connectivity index (χ0v) is 16.8. The smallest absolute Gasteiger partial charge is 0.416 e. The maximum absolute atomic E-state index is 13.0. The van der Waals surface area contributed by atoms with Crippen molar-refractivity contribution in [2.24, 2.45) is 0 Å². The van der Waals surface area contributed by atoms with Crippen LogP contribution >= 0.6 is 0 Å². The predicted octanol–water partition coefficient (Wildman–Crippen LogP) is 3.23. The number of hydrogen-bond donors (Lipinski definition) is 0. The van der Waals surface area contributed by atoms with Gasteiger partial charge in [0.25, 0.3) is 0 Å². The minimum absolute atomic E-state index is 0.0216. The first kappa shape index (κ1) is 21.3. The van der Waals surface area contributed by atoms with Crippen molar-refractivity contribution in [3.8, 4) is 11.5 Å². The molecule has 0 spiro atoms. The van der Waals surface area contributed by atoms with Gasteiger partial charge in [-0.3, -0.25) is 0 Å². The number of hydrogen-bond acceptors (Lipinski definition) is 5. The highest BCUT2D eigenvalue weighted by Crippen LogP contribution is 2.33. The Hall–Kier alpha value is -2.46. The molecule has 0 N–H and O–H groups in total. The van der Waals surface area contributed by atoms with Crippen LogP contribution in [0, 0.1) is 0 Å². The van der Waals surface area contributed by atoms with Crippen LogP contribution in [-0.2, 0) is 16.2 Å². The van der Waals surface area contributed by atoms with E-state index in [0.29, 0.717) is 11.4 Å². The lowest BCUT2D eigenvalue weighted by Crippen LogP contribution is -2.48. The molecule has 0 bridgehead atoms. The second-order valence-corrected chi connectivity index (χ2v) is 8.36. The number of benzene rings is 2. The first-order valence-corrected chi connectivity index (χ1v) is 10.2. The predicted molar refractivity (Wildman–Crippen MR) is 102 cm³/mol. The van der Waals surface area contributed by atoms with Crippen LogP contribution in [0.4, 0.5) is 18.9 Å². The Bertz CT molecular complexity index is 972. The largest absolute Gasteiger partial charge is 0.497 e. The van der Waals surface area contributed by atoms with Gasteiger partial charge in [0.1, 0.15) is 16.4 Å². The van der Waals surface area contributed by atoms with Crippen LogP contribution in [0.2, 0.25) is 0 Å². The standard InChI is InChI=1S/C19H21F3N2O4S/c1-27-16-6-7-18(17(13-16)28-2)29(25,26)24-10-8-23(9-11-24)15-5-3-4-14(12-15)19(20,21)22/h3-7,12-13H,8-11H2,1-2H3. The van der Waals surface area contributed by atoms with Crippen LogP contribution in [-0.4, -0.2) is 53.1 Å². The topological polar surface area (TPSA) is 59.1 Å². The van der Waals surface area contributed by atoms with Gasteiger partial charge in [-0.1, -0.05) is 6.07 Å². The van der Waals surface area contributed by atoms with Crippen molar-refractivity contribution >= 4 is 15.7 Å². The molecule has 1 fully saturated rings. The van der Waals surface area contributed by atoms with Crippen LogP contribution in [0.3, 0.4) is 0 Å². The number of sulfonamides is 1. The van der Waals surface area contributed by atoms with E-state index in [1.54, 1.807) is 11.0 Å². The van der Waals surface area contributed by atoms with Gasteiger partial charge >= 0.3 is 6.18 Å². The summed E-state index contributed by atoms with van der Waals surface area (Å²) in [6.45, 7) is 0.847. The van der Waals surface area contributed by atoms with E-state index in [0.717, 1.165) is 12.1 Å². The zero-order valence-electron chi connectivity index (χ0n) is 15.9. The van der Waals surface area contributed by atoms with E-state index in [4.69, 9.17) is 9.47 Å². The molecule has 1 aliphatic rings. The van der Waals surface area contributed by atoms with Gasteiger partial charge in [0, 0.05) is 37.9 Å². The van der Waals surface area contributed by atoms with E-state index in [9.17, 15) is 21.6 Å². The molecule has 6 nitrogen and oxygen atoms in total. The molecule has 29 heavy (non-hydrogen) atoms. The highest BCUT2D eigenvalue weighted by molar-refractivity contribution is 7.89. The van der Waals surface area contributed by atoms with Crippen molar-refractivity contribution in [1.82, 2.24) is 4.31 Å². The van der Waals surface area contributed by atoms with E-state index in [-0.39, 0.29) is 36.8 Å². The maximum Gasteiger partial charge on any atom is 0.416 e. The Kier molecular flexibility index (Phi) is 5.95. The fourth-order valence-corrected chi connectivity index (χ4v) is 4.75. The minimum atomic E-state index is -4.42. The molecule has 2 aromatic rings. The Balaban J connectivity index is 1.77. The van der Waals surface area contributed by atoms with Crippen molar-refractivity contribution in [2.75, 3.05) is 45.3 Å². The van der Waals surface area contributed by atoms with Gasteiger partial charge in [-0.15, -0.1) is 0 Å². The summed E-state index contributed by atoms with van der Waals surface area (Å²) in [5.74, 6) is 0.639. The summed E-state index contributed by atoms with van der Waals surface area (Å²) < 4.78 is 76.5. The van der Waals surface area contributed by atoms with E-state index in [1.165, 1.54) is 42.8 Å². The fourth-order valence-electron chi connectivity index (χ4n) is 3.19. The van der Waals surface area contributed by atoms with Gasteiger partial charge in [-0.2, -0.15) is 17.5 Å². The average Bonchev–Trinajstić information content (AvgIpc) is 2.72. The van der Waals surface area contributed by atoms with Crippen LogP contribution in [0.1, 0.15) is 5.56 Å². The van der Waals surface area contributed by atoms with E-state index in [2.05, 4.69) is 0 Å². The highest BCUT2D eigenvalue weighted by atomic mass is 32.2. The Morgan fingerprint density at radius 2 is 1.62 bits per heavy atom. The van der Waals surface area contributed by atoms with E-state index in [1.807, 2.05) is 0 Å². The van der Waals surface area contributed by atoms with Crippen molar-refractivity contribution in [2.45, 2.75) is 11.1 Å². The van der Waals surface area contributed by atoms with Gasteiger partial charge in [0.05, 0.1) is 19.8 Å². The zero-order chi connectivity index (χ0) is 21.2. The molecule has 10 heteroatoms. The number of ether oxygens (including phenoxy) is 2. The molecule has 0 radical (unpaired) electrons. The van der Waals surface area contributed by atoms with Crippen LogP contribution in [0.15, 0.2) is 47.4 Å². The van der Waals surface area contributed by atoms with Crippen molar-refractivity contribution in [3.05, 3.63) is 48.0 Å². The van der Waals surface area contributed by atoms with E-state index < -0.39 is 21.8 Å². The minimum Gasteiger partial charge on any atom is -0.497 e. The number of rotatable bonds is 5. The van der Waals surface area contributed by atoms with Crippen molar-refractivity contribution in [1.29, 1.82) is 0 Å². The summed E-state index contributed by atoms with van der Waals surface area (Å²) in [7, 11) is -0.978. The van der Waals surface area contributed by atoms with Gasteiger partial charge in [-0.05, 0) is 30.3 Å². The molecule has 1 aliphatic heterocycles. The fraction of sp³-hybridized carbons (Fsp3) is 0.368. The lowest BCUT2D eigenvalue weighted by atomic mass is 10.1. The molecule has 0 saturated carbocycles. The molecule has 2 aromatic carbocycles. The third-order valence-corrected chi connectivity index (χ3v) is 6.70. The summed E-state index contributed by atoms with van der Waals surface area (Å²) >= 11 is 0. The van der Waals surface area contributed by atoms with E-state index >= 15 is 0 Å². The molecular formula is C19H21F3N2O4S. The molecule has 0 aromatic heterocycles. The van der Waals surface area contributed by atoms with Crippen LogP contribution < -0.4 is 14.4 Å². The monoisotopic (exact) mass is 430 g/mol. The summed E-state index contributed by atoms with van der Waals surface area (Å²) in [4.78, 5) is 1.76. The van der Waals surface area contributed by atoms with Gasteiger partial charge in [-0.25, -0.2) is 8.42 Å². The third kappa shape index (κ3) is 4.43. The molecular weight excluding hydrogens is 409 g/mol. The Morgan fingerprint density at radius 1 is 0.931 bits per heavy atom. The SMILES string of the molecule is COc1ccc(S(=O)(=O)N2CCN(c3cccc(C(F)(F)F)c3)CC2)c(OC)c1. The molecule has 0 amide bonds. The molecule has 1 heterocycles. The van der Waals surface area contributed by atoms with Gasteiger partial charge in [0.2, 0.25) is 10.0 Å². The number of halogens is 3. The Morgan fingerprint density at radius 3 is 2.21 bits per heavy atom. The number of methoxy groups -OCH3 is 2. The second kappa shape index (κ2) is 8.11. The molecule has 158 valence electrons. The lowest BCUT2D eigenvalue weighted by Gasteiger charge is -2.35. The normalized spacial score (nSPS) is 16.0. The maximum atomic E-state index is 13.0. The molecule has 0 unspecified atom stereocenters. The van der Waals surface area contributed by atoms with Crippen LogP contribution in [0.25, 0.3) is 0 Å². The lowest BCUT2D eigenvalue weighted by molar-refractivity contribution is -0.137. The third-order valence-electron chi connectivity index (χ3n) is 4.77. The summed E-state index contributed by atoms with van der Waals surface area (Å²) in [6, 6.07) is 9.48. The number of piperazine rings is 1. The quantitative estimate of drug-likeness (QED) is 0.729. The molecule has 1 saturated heterocycles. The van der Waals surface area contributed by atoms with Crippen molar-refractivity contribution in [3.63, 3.8) is 0 Å². The first-order valence-electron chi connectivity index (χ1n) is 8.81. The summed E-state index contributed by atoms with van der Waals surface area (Å²) in [6.07, 6.45) is -4.42. The summed E-state index contributed by atoms with van der Waals surface area (Å²) in [5, 5.41) is 0. The molecule has 0 atom stereocenters. The molecule has 3 rings (SSSR count). The first-order chi connectivity index (χ1) is 13.7. The average molecular weight is 430 g/mol. The summed E-state index contributed by atoms with van der Waals surface area (Å²) in [5.41, 5.74) is -0.313. The van der Waals surface area contributed by atoms with Gasteiger partial charge < -0.3 is 14.4 Å². The molecule has 0 aliphatic carbocycles. The Labute approximate surface area is 167 Å². The van der Waals surface area contributed by atoms with Crippen molar-refractivity contribution < 1.29 is 31.1 Å². The number of nitrogens with zero attached hydrogens (tertiary/aromatic N) is 2. The van der Waals surface area contributed by atoms with Gasteiger partial charge in [0.15, 0.2) is 0 Å². The van der Waals surface area contributed by atoms with Crippen LogP contribution in [0.5, 0.6) is 11.5 Å². The second-order valence-electron chi connectivity index (χ2n) is 6.46.